The van der Waals surface area contributed by atoms with Crippen LogP contribution in [0.3, 0.4) is 0 Å². The van der Waals surface area contributed by atoms with Crippen molar-refractivity contribution < 1.29 is 89.1 Å². The van der Waals surface area contributed by atoms with Crippen LogP contribution in [0, 0.1) is 0 Å². The number of phenolic OH excluding ortho intramolecular Hbond substituents is 4. The van der Waals surface area contributed by atoms with Gasteiger partial charge in [0.2, 0.25) is 23.8 Å². The minimum atomic E-state index is -2.04. The number of hydrogen-bond donors (Lipinski definition) is 11. The van der Waals surface area contributed by atoms with E-state index in [1.54, 1.807) is 0 Å². The van der Waals surface area contributed by atoms with Gasteiger partial charge in [0.1, 0.15) is 83.7 Å². The second kappa shape index (κ2) is 16.1. The van der Waals surface area contributed by atoms with E-state index in [0.29, 0.717) is 5.56 Å². The van der Waals surface area contributed by atoms with Crippen LogP contribution in [0.15, 0.2) is 69.9 Å². The number of aliphatic hydroxyl groups excluding tert-OH is 7. The minimum Gasteiger partial charge on any atom is -0.508 e. The molecule has 0 aliphatic carbocycles. The van der Waals surface area contributed by atoms with Crippen molar-refractivity contribution >= 4 is 23.0 Å². The van der Waals surface area contributed by atoms with E-state index < -0.39 is 126 Å². The van der Waals surface area contributed by atoms with Crippen molar-refractivity contribution in [3.05, 3.63) is 76.5 Å². The van der Waals surface area contributed by atoms with Crippen LogP contribution in [0.5, 0.6) is 34.5 Å². The first kappa shape index (κ1) is 39.2. The number of benzene rings is 3. The molecule has 11 N–H and O–H groups in total. The lowest BCUT2D eigenvalue weighted by molar-refractivity contribution is -0.278. The standard InChI is InChI=1S/C36H36O19/c37-12-22-26(43)29(46)31(48)35(53-22)52-20-9-15(4-7-18(20)40)33-34(28(45)25-19(41)10-17(39)11-21(25)51-33)55-36-32(49)30(47)27(44)23(54-36)13-50-24(42)8-3-14-1-5-16(38)6-2-14/h1-11,22-23,26-27,29-32,35-41,43-44,46-49H,12-13H2/b8-3+/t22-,23-,26-,27-,29+,30+,31-,32-,35-,36-/m1/s1. The molecule has 19 nitrogen and oxygen atoms in total. The molecule has 0 radical (unpaired) electrons. The lowest BCUT2D eigenvalue weighted by atomic mass is 9.99. The molecule has 2 aliphatic rings. The fourth-order valence-electron chi connectivity index (χ4n) is 5.83. The van der Waals surface area contributed by atoms with Gasteiger partial charge in [0.25, 0.3) is 0 Å². The first-order valence-electron chi connectivity index (χ1n) is 16.5. The number of hydrogen-bond acceptors (Lipinski definition) is 19. The zero-order chi connectivity index (χ0) is 39.7. The predicted molar refractivity (Wildman–Crippen MR) is 183 cm³/mol. The quantitative estimate of drug-likeness (QED) is 0.0673. The van der Waals surface area contributed by atoms with Crippen molar-refractivity contribution in [3.63, 3.8) is 0 Å². The number of carbonyl (C=O) groups is 1. The molecule has 4 aromatic rings. The average Bonchev–Trinajstić information content (AvgIpc) is 3.15. The van der Waals surface area contributed by atoms with Crippen LogP contribution in [-0.2, 0) is 19.0 Å². The summed E-state index contributed by atoms with van der Waals surface area (Å²) in [6, 6.07) is 11.0. The van der Waals surface area contributed by atoms with Crippen LogP contribution < -0.4 is 14.9 Å². The monoisotopic (exact) mass is 772 g/mol. The fraction of sp³-hybridized carbons (Fsp3) is 0.333. The molecule has 6 rings (SSSR count). The minimum absolute atomic E-state index is 0.0130. The highest BCUT2D eigenvalue weighted by Gasteiger charge is 2.47. The molecule has 3 heterocycles. The van der Waals surface area contributed by atoms with Gasteiger partial charge in [-0.2, -0.15) is 0 Å². The second-order valence-corrected chi connectivity index (χ2v) is 12.6. The Labute approximate surface area is 308 Å². The molecular weight excluding hydrogens is 736 g/mol. The number of carbonyl (C=O) groups excluding carboxylic acids is 1. The number of esters is 1. The zero-order valence-electron chi connectivity index (χ0n) is 28.2. The van der Waals surface area contributed by atoms with Crippen molar-refractivity contribution in [2.45, 2.75) is 61.4 Å². The molecule has 0 saturated carbocycles. The van der Waals surface area contributed by atoms with Gasteiger partial charge in [0.05, 0.1) is 6.61 Å². The summed E-state index contributed by atoms with van der Waals surface area (Å²) < 4.78 is 33.4. The van der Waals surface area contributed by atoms with Crippen LogP contribution in [0.2, 0.25) is 0 Å². The summed E-state index contributed by atoms with van der Waals surface area (Å²) in [5, 5.41) is 113. The molecular formula is C36H36O19. The van der Waals surface area contributed by atoms with Gasteiger partial charge in [0.15, 0.2) is 17.3 Å². The Kier molecular flexibility index (Phi) is 11.5. The van der Waals surface area contributed by atoms with Gasteiger partial charge in [0, 0.05) is 23.8 Å². The molecule has 2 fully saturated rings. The van der Waals surface area contributed by atoms with Gasteiger partial charge in [-0.25, -0.2) is 4.79 Å². The number of fused-ring (bicyclic) bond motifs is 1. The van der Waals surface area contributed by atoms with Crippen LogP contribution in [0.4, 0.5) is 0 Å². The van der Waals surface area contributed by atoms with E-state index in [9.17, 15) is 65.8 Å². The van der Waals surface area contributed by atoms with Gasteiger partial charge in [-0.1, -0.05) is 12.1 Å². The maximum atomic E-state index is 14.0. The molecule has 2 saturated heterocycles. The Morgan fingerprint density at radius 3 is 2.02 bits per heavy atom. The van der Waals surface area contributed by atoms with Crippen molar-refractivity contribution in [2.75, 3.05) is 13.2 Å². The van der Waals surface area contributed by atoms with Gasteiger partial charge < -0.3 is 84.3 Å². The highest BCUT2D eigenvalue weighted by molar-refractivity contribution is 5.88. The van der Waals surface area contributed by atoms with E-state index >= 15 is 0 Å². The van der Waals surface area contributed by atoms with Crippen LogP contribution >= 0.6 is 0 Å². The summed E-state index contributed by atoms with van der Waals surface area (Å²) in [6.45, 7) is -1.46. The summed E-state index contributed by atoms with van der Waals surface area (Å²) in [5.74, 6) is -4.45. The van der Waals surface area contributed by atoms with E-state index in [1.807, 2.05) is 0 Å². The molecule has 294 valence electrons. The van der Waals surface area contributed by atoms with Crippen molar-refractivity contribution in [1.29, 1.82) is 0 Å². The predicted octanol–water partition coefficient (Wildman–Crippen LogP) is -1.10. The topological polar surface area (TPSA) is 316 Å². The SMILES string of the molecule is O=C(/C=C/c1ccc(O)cc1)OC[C@H]1O[C@H](Oc2c(-c3ccc(O)c(O[C@@H]4O[C@H](CO)[C@@H](O)[C@H](O)[C@H]4O)c3)oc3cc(O)cc(O)c3c2=O)[C@H](O)[C@@H](O)[C@@H]1O. The van der Waals surface area contributed by atoms with E-state index in [2.05, 4.69) is 0 Å². The van der Waals surface area contributed by atoms with Crippen LogP contribution in [0.25, 0.3) is 28.4 Å². The lowest BCUT2D eigenvalue weighted by Crippen LogP contribution is -2.60. The number of aromatic hydroxyl groups is 4. The van der Waals surface area contributed by atoms with Crippen LogP contribution in [0.1, 0.15) is 5.56 Å². The molecule has 55 heavy (non-hydrogen) atoms. The molecule has 0 spiro atoms. The highest BCUT2D eigenvalue weighted by atomic mass is 16.7. The normalized spacial score (nSPS) is 28.3. The molecule has 3 aromatic carbocycles. The molecule has 0 amide bonds. The molecule has 2 aliphatic heterocycles. The molecule has 19 heteroatoms. The molecule has 0 bridgehead atoms. The third kappa shape index (κ3) is 8.15. The Hall–Kier alpha value is -5.48. The Morgan fingerprint density at radius 1 is 0.709 bits per heavy atom. The first-order valence-corrected chi connectivity index (χ1v) is 16.5. The Morgan fingerprint density at radius 2 is 1.35 bits per heavy atom. The van der Waals surface area contributed by atoms with Gasteiger partial charge >= 0.3 is 5.97 Å². The maximum absolute atomic E-state index is 14.0. The van der Waals surface area contributed by atoms with Crippen molar-refractivity contribution in [2.24, 2.45) is 0 Å². The van der Waals surface area contributed by atoms with Gasteiger partial charge in [-0.15, -0.1) is 0 Å². The number of phenols is 4. The van der Waals surface area contributed by atoms with E-state index in [-0.39, 0.29) is 16.9 Å². The average molecular weight is 773 g/mol. The summed E-state index contributed by atoms with van der Waals surface area (Å²) in [4.78, 5) is 26.4. The largest absolute Gasteiger partial charge is 0.508 e. The van der Waals surface area contributed by atoms with Gasteiger partial charge in [-0.3, -0.25) is 4.79 Å². The smallest absolute Gasteiger partial charge is 0.330 e. The third-order valence-electron chi connectivity index (χ3n) is 8.83. The first-order chi connectivity index (χ1) is 26.2. The van der Waals surface area contributed by atoms with Crippen molar-refractivity contribution in [1.82, 2.24) is 0 Å². The molecule has 10 atom stereocenters. The lowest BCUT2D eigenvalue weighted by Gasteiger charge is -2.39. The number of aliphatic hydroxyl groups is 7. The summed E-state index contributed by atoms with van der Waals surface area (Å²) in [6.07, 6.45) is -15.5. The summed E-state index contributed by atoms with van der Waals surface area (Å²) in [5.41, 5.74) is -1.06. The Balaban J connectivity index is 1.31. The number of ether oxygens (including phenoxy) is 5. The van der Waals surface area contributed by atoms with Crippen molar-refractivity contribution in [3.8, 4) is 45.8 Å². The highest BCUT2D eigenvalue weighted by Crippen LogP contribution is 2.40. The van der Waals surface area contributed by atoms with Gasteiger partial charge in [-0.05, 0) is 42.0 Å². The third-order valence-corrected chi connectivity index (χ3v) is 8.83. The number of rotatable bonds is 10. The maximum Gasteiger partial charge on any atom is 0.330 e. The summed E-state index contributed by atoms with van der Waals surface area (Å²) in [7, 11) is 0. The second-order valence-electron chi connectivity index (χ2n) is 12.6. The molecule has 1 aromatic heterocycles. The molecule has 0 unspecified atom stereocenters. The fourth-order valence-corrected chi connectivity index (χ4v) is 5.83. The Bertz CT molecular complexity index is 2100. The van der Waals surface area contributed by atoms with E-state index in [1.165, 1.54) is 36.4 Å². The summed E-state index contributed by atoms with van der Waals surface area (Å²) >= 11 is 0. The van der Waals surface area contributed by atoms with Crippen LogP contribution in [-0.4, -0.2) is 137 Å². The van der Waals surface area contributed by atoms with E-state index in [0.717, 1.165) is 30.3 Å². The zero-order valence-corrected chi connectivity index (χ0v) is 28.2. The van der Waals surface area contributed by atoms with E-state index in [4.69, 9.17) is 28.1 Å².